The van der Waals surface area contributed by atoms with Crippen LogP contribution < -0.4 is 5.32 Å². The number of carbonyl (C=O) groups is 1. The van der Waals surface area contributed by atoms with Crippen LogP contribution in [0.5, 0.6) is 5.75 Å². The van der Waals surface area contributed by atoms with Crippen LogP contribution in [0.4, 0.5) is 0 Å². The van der Waals surface area contributed by atoms with Crippen molar-refractivity contribution in [2.45, 2.75) is 19.9 Å². The SMILES string of the molecule is CC(C)NC(=O)C(C#N)=Cc1cc(Br)c(O)c(Br)c1. The van der Waals surface area contributed by atoms with Crippen molar-refractivity contribution in [3.8, 4) is 11.8 Å². The van der Waals surface area contributed by atoms with Gasteiger partial charge in [-0.2, -0.15) is 5.26 Å². The predicted molar refractivity (Wildman–Crippen MR) is 80.4 cm³/mol. The molecule has 0 bridgehead atoms. The number of nitriles is 1. The zero-order chi connectivity index (χ0) is 14.6. The molecule has 0 fully saturated rings. The molecule has 19 heavy (non-hydrogen) atoms. The van der Waals surface area contributed by atoms with Gasteiger partial charge in [0.05, 0.1) is 8.95 Å². The molecular weight excluding hydrogens is 376 g/mol. The van der Waals surface area contributed by atoms with Gasteiger partial charge in [0, 0.05) is 6.04 Å². The third-order valence-electron chi connectivity index (χ3n) is 2.14. The molecule has 6 heteroatoms. The maximum absolute atomic E-state index is 11.8. The molecule has 0 spiro atoms. The number of rotatable bonds is 3. The van der Waals surface area contributed by atoms with Crippen molar-refractivity contribution in [2.75, 3.05) is 0 Å². The van der Waals surface area contributed by atoms with Gasteiger partial charge in [-0.15, -0.1) is 0 Å². The van der Waals surface area contributed by atoms with Crippen LogP contribution in [-0.4, -0.2) is 17.1 Å². The molecule has 0 unspecified atom stereocenters. The van der Waals surface area contributed by atoms with Crippen LogP contribution in [0.1, 0.15) is 19.4 Å². The van der Waals surface area contributed by atoms with E-state index in [1.807, 2.05) is 19.9 Å². The Morgan fingerprint density at radius 2 is 1.95 bits per heavy atom. The van der Waals surface area contributed by atoms with Crippen molar-refractivity contribution in [1.29, 1.82) is 5.26 Å². The number of aromatic hydroxyl groups is 1. The average Bonchev–Trinajstić information content (AvgIpc) is 2.31. The van der Waals surface area contributed by atoms with Crippen LogP contribution in [0.15, 0.2) is 26.7 Å². The highest BCUT2D eigenvalue weighted by Crippen LogP contribution is 2.33. The zero-order valence-corrected chi connectivity index (χ0v) is 13.5. The average molecular weight is 388 g/mol. The van der Waals surface area contributed by atoms with Crippen molar-refractivity contribution in [3.05, 3.63) is 32.2 Å². The first-order chi connectivity index (χ1) is 8.85. The fourth-order valence-corrected chi connectivity index (χ4v) is 2.55. The minimum Gasteiger partial charge on any atom is -0.506 e. The van der Waals surface area contributed by atoms with E-state index in [4.69, 9.17) is 5.26 Å². The summed E-state index contributed by atoms with van der Waals surface area (Å²) in [6.45, 7) is 3.64. The van der Waals surface area contributed by atoms with Crippen LogP contribution in [0, 0.1) is 11.3 Å². The highest BCUT2D eigenvalue weighted by molar-refractivity contribution is 9.11. The van der Waals surface area contributed by atoms with E-state index in [2.05, 4.69) is 37.2 Å². The second kappa shape index (κ2) is 6.73. The molecule has 1 amide bonds. The Morgan fingerprint density at radius 1 is 1.42 bits per heavy atom. The number of carbonyl (C=O) groups excluding carboxylic acids is 1. The number of phenols is 1. The molecule has 0 atom stereocenters. The molecule has 4 nitrogen and oxygen atoms in total. The van der Waals surface area contributed by atoms with E-state index in [1.54, 1.807) is 12.1 Å². The molecule has 0 radical (unpaired) electrons. The monoisotopic (exact) mass is 386 g/mol. The van der Waals surface area contributed by atoms with Crippen LogP contribution in [0.2, 0.25) is 0 Å². The van der Waals surface area contributed by atoms with Gasteiger partial charge in [-0.25, -0.2) is 0 Å². The minimum atomic E-state index is -0.419. The van der Waals surface area contributed by atoms with Gasteiger partial charge in [-0.3, -0.25) is 4.79 Å². The molecule has 0 saturated carbocycles. The summed E-state index contributed by atoms with van der Waals surface area (Å²) in [4.78, 5) is 11.8. The lowest BCUT2D eigenvalue weighted by Gasteiger charge is -2.07. The number of halogens is 2. The van der Waals surface area contributed by atoms with Gasteiger partial charge in [0.25, 0.3) is 5.91 Å². The van der Waals surface area contributed by atoms with Crippen LogP contribution in [0.25, 0.3) is 6.08 Å². The molecule has 0 aliphatic rings. The fourth-order valence-electron chi connectivity index (χ4n) is 1.32. The molecule has 0 saturated heterocycles. The molecule has 1 aromatic carbocycles. The summed E-state index contributed by atoms with van der Waals surface area (Å²) >= 11 is 6.39. The van der Waals surface area contributed by atoms with E-state index in [9.17, 15) is 9.90 Å². The summed E-state index contributed by atoms with van der Waals surface area (Å²) in [6, 6.07) is 5.08. The Morgan fingerprint density at radius 3 is 2.37 bits per heavy atom. The lowest BCUT2D eigenvalue weighted by Crippen LogP contribution is -2.30. The number of amides is 1. The summed E-state index contributed by atoms with van der Waals surface area (Å²) in [6.07, 6.45) is 1.46. The molecule has 100 valence electrons. The predicted octanol–water partition coefficient (Wildman–Crippen LogP) is 3.35. The van der Waals surface area contributed by atoms with Crippen LogP contribution in [0.3, 0.4) is 0 Å². The zero-order valence-electron chi connectivity index (χ0n) is 10.4. The summed E-state index contributed by atoms with van der Waals surface area (Å²) in [5, 5.41) is 21.3. The topological polar surface area (TPSA) is 73.1 Å². The van der Waals surface area contributed by atoms with E-state index in [1.165, 1.54) is 6.08 Å². The molecule has 1 rings (SSSR count). The summed E-state index contributed by atoms with van der Waals surface area (Å²) in [7, 11) is 0. The maximum atomic E-state index is 11.8. The number of phenolic OH excluding ortho intramolecular Hbond substituents is 1. The summed E-state index contributed by atoms with van der Waals surface area (Å²) in [5.74, 6) is -0.347. The van der Waals surface area contributed by atoms with E-state index in [0.29, 0.717) is 14.5 Å². The lowest BCUT2D eigenvalue weighted by atomic mass is 10.1. The van der Waals surface area contributed by atoms with Gasteiger partial charge in [-0.1, -0.05) is 0 Å². The molecule has 2 N–H and O–H groups in total. The number of nitrogens with one attached hydrogen (secondary N) is 1. The summed E-state index contributed by atoms with van der Waals surface area (Å²) in [5.41, 5.74) is 0.644. The largest absolute Gasteiger partial charge is 0.506 e. The van der Waals surface area contributed by atoms with Crippen LogP contribution >= 0.6 is 31.9 Å². The van der Waals surface area contributed by atoms with Gasteiger partial charge in [0.15, 0.2) is 0 Å². The van der Waals surface area contributed by atoms with E-state index in [0.717, 1.165) is 0 Å². The quantitative estimate of drug-likeness (QED) is 0.616. The first-order valence-corrected chi connectivity index (χ1v) is 7.04. The molecule has 0 aliphatic heterocycles. The van der Waals surface area contributed by atoms with Gasteiger partial charge in [0.1, 0.15) is 17.4 Å². The number of hydrogen-bond donors (Lipinski definition) is 2. The minimum absolute atomic E-state index is 0.0122. The normalized spacial score (nSPS) is 11.3. The Kier molecular flexibility index (Phi) is 5.58. The number of nitrogens with zero attached hydrogens (tertiary/aromatic N) is 1. The lowest BCUT2D eigenvalue weighted by molar-refractivity contribution is -0.117. The Balaban J connectivity index is 3.12. The smallest absolute Gasteiger partial charge is 0.262 e. The van der Waals surface area contributed by atoms with Gasteiger partial charge in [0.2, 0.25) is 0 Å². The van der Waals surface area contributed by atoms with Crippen molar-refractivity contribution < 1.29 is 9.90 Å². The van der Waals surface area contributed by atoms with Gasteiger partial charge in [-0.05, 0) is 69.5 Å². The van der Waals surface area contributed by atoms with Crippen molar-refractivity contribution >= 4 is 43.8 Å². The van der Waals surface area contributed by atoms with Crippen molar-refractivity contribution in [1.82, 2.24) is 5.32 Å². The second-order valence-electron chi connectivity index (χ2n) is 4.13. The molecule has 0 aliphatic carbocycles. The van der Waals surface area contributed by atoms with Gasteiger partial charge >= 0.3 is 0 Å². The molecule has 1 aromatic rings. The molecule has 0 aromatic heterocycles. The van der Waals surface area contributed by atoms with Crippen molar-refractivity contribution in [3.63, 3.8) is 0 Å². The van der Waals surface area contributed by atoms with E-state index in [-0.39, 0.29) is 17.4 Å². The Bertz CT molecular complexity index is 551. The maximum Gasteiger partial charge on any atom is 0.262 e. The third-order valence-corrected chi connectivity index (χ3v) is 3.34. The van der Waals surface area contributed by atoms with Crippen molar-refractivity contribution in [2.24, 2.45) is 0 Å². The van der Waals surface area contributed by atoms with E-state index >= 15 is 0 Å². The second-order valence-corrected chi connectivity index (χ2v) is 5.84. The Hall–Kier alpha value is -1.32. The fraction of sp³-hybridized carbons (Fsp3) is 0.231. The standard InChI is InChI=1S/C13H12Br2N2O2/c1-7(2)17-13(19)9(6-16)3-8-4-10(14)12(18)11(15)5-8/h3-5,7,18H,1-2H3,(H,17,19). The van der Waals surface area contributed by atoms with Crippen LogP contribution in [-0.2, 0) is 4.79 Å². The Labute approximate surface area is 128 Å². The van der Waals surface area contributed by atoms with Gasteiger partial charge < -0.3 is 10.4 Å². The molecular formula is C13H12Br2N2O2. The first kappa shape index (κ1) is 15.7. The van der Waals surface area contributed by atoms with E-state index < -0.39 is 5.91 Å². The molecule has 0 heterocycles. The highest BCUT2D eigenvalue weighted by atomic mass is 79.9. The third kappa shape index (κ3) is 4.37. The number of benzene rings is 1. The first-order valence-electron chi connectivity index (χ1n) is 5.45. The highest BCUT2D eigenvalue weighted by Gasteiger charge is 2.11. The number of hydrogen-bond acceptors (Lipinski definition) is 3. The summed E-state index contributed by atoms with van der Waals surface area (Å²) < 4.78 is 0.962.